The number of ketones is 1. The van der Waals surface area contributed by atoms with Crippen molar-refractivity contribution >= 4 is 11.8 Å². The van der Waals surface area contributed by atoms with Crippen LogP contribution >= 0.6 is 0 Å². The van der Waals surface area contributed by atoms with Gasteiger partial charge in [0.1, 0.15) is 11.8 Å². The second kappa shape index (κ2) is 3.10. The first-order chi connectivity index (χ1) is 6.16. The van der Waals surface area contributed by atoms with E-state index in [2.05, 4.69) is 5.32 Å². The molecule has 0 radical (unpaired) electrons. The first-order valence-electron chi connectivity index (χ1n) is 4.67. The molecule has 1 heterocycles. The predicted octanol–water partition coefficient (Wildman–Crippen LogP) is 0.171. The molecular formula is C9H13NO3. The van der Waals surface area contributed by atoms with E-state index in [-0.39, 0.29) is 11.8 Å². The third-order valence-electron chi connectivity index (χ3n) is 3.06. The van der Waals surface area contributed by atoms with Gasteiger partial charge in [0, 0.05) is 18.9 Å². The van der Waals surface area contributed by atoms with E-state index < -0.39 is 12.0 Å². The van der Waals surface area contributed by atoms with Crippen molar-refractivity contribution in [2.24, 2.45) is 5.92 Å². The number of nitrogens with one attached hydrogen (secondary N) is 1. The van der Waals surface area contributed by atoms with Crippen LogP contribution in [0.5, 0.6) is 0 Å². The molecule has 1 aliphatic carbocycles. The summed E-state index contributed by atoms with van der Waals surface area (Å²) in [7, 11) is 0. The largest absolute Gasteiger partial charge is 0.480 e. The highest BCUT2D eigenvalue weighted by Gasteiger charge is 2.40. The van der Waals surface area contributed by atoms with Crippen LogP contribution in [0.4, 0.5) is 0 Å². The summed E-state index contributed by atoms with van der Waals surface area (Å²) in [6.45, 7) is 0. The first-order valence-corrected chi connectivity index (χ1v) is 4.67. The minimum absolute atomic E-state index is 0.127. The summed E-state index contributed by atoms with van der Waals surface area (Å²) < 4.78 is 0. The van der Waals surface area contributed by atoms with Gasteiger partial charge in [0.2, 0.25) is 0 Å². The molecule has 4 nitrogen and oxygen atoms in total. The van der Waals surface area contributed by atoms with E-state index in [0.717, 1.165) is 6.42 Å². The number of aliphatic carboxylic acids is 1. The average molecular weight is 183 g/mol. The van der Waals surface area contributed by atoms with Crippen molar-refractivity contribution in [3.63, 3.8) is 0 Å². The second-order valence-electron chi connectivity index (χ2n) is 3.94. The normalized spacial score (nSPS) is 38.8. The van der Waals surface area contributed by atoms with Gasteiger partial charge < -0.3 is 10.4 Å². The van der Waals surface area contributed by atoms with Gasteiger partial charge >= 0.3 is 5.97 Å². The highest BCUT2D eigenvalue weighted by atomic mass is 16.4. The first kappa shape index (κ1) is 8.69. The van der Waals surface area contributed by atoms with Crippen molar-refractivity contribution in [3.8, 4) is 0 Å². The number of carboxylic acid groups (broad SMARTS) is 1. The van der Waals surface area contributed by atoms with E-state index in [0.29, 0.717) is 25.2 Å². The molecule has 0 unspecified atom stereocenters. The lowest BCUT2D eigenvalue weighted by Crippen LogP contribution is -2.38. The fraction of sp³-hybridized carbons (Fsp3) is 0.778. The Labute approximate surface area is 76.3 Å². The SMILES string of the molecule is O=C1CC[C@@H]2C[C@@H](C(=O)O)N[C@@H]2C1. The number of fused-ring (bicyclic) bond motifs is 1. The summed E-state index contributed by atoms with van der Waals surface area (Å²) in [5, 5.41) is 11.8. The Morgan fingerprint density at radius 2 is 2.31 bits per heavy atom. The van der Waals surface area contributed by atoms with Crippen LogP contribution in [0.1, 0.15) is 25.7 Å². The van der Waals surface area contributed by atoms with Crippen LogP contribution in [0, 0.1) is 5.92 Å². The van der Waals surface area contributed by atoms with Crippen LogP contribution in [0.2, 0.25) is 0 Å². The predicted molar refractivity (Wildman–Crippen MR) is 45.3 cm³/mol. The topological polar surface area (TPSA) is 66.4 Å². The van der Waals surface area contributed by atoms with E-state index in [9.17, 15) is 9.59 Å². The van der Waals surface area contributed by atoms with Crippen LogP contribution in [0.25, 0.3) is 0 Å². The highest BCUT2D eigenvalue weighted by molar-refractivity contribution is 5.81. The Kier molecular flexibility index (Phi) is 2.07. The maximum atomic E-state index is 11.1. The molecule has 4 heteroatoms. The molecule has 0 spiro atoms. The molecule has 2 rings (SSSR count). The summed E-state index contributed by atoms with van der Waals surface area (Å²) in [6.07, 6.45) is 2.71. The van der Waals surface area contributed by atoms with Gasteiger partial charge in [-0.2, -0.15) is 0 Å². The molecule has 0 aromatic carbocycles. The molecule has 0 amide bonds. The van der Waals surface area contributed by atoms with Gasteiger partial charge in [-0.25, -0.2) is 0 Å². The van der Waals surface area contributed by atoms with Crippen molar-refractivity contribution in [2.75, 3.05) is 0 Å². The molecule has 1 saturated heterocycles. The Hall–Kier alpha value is -0.900. The van der Waals surface area contributed by atoms with Crippen LogP contribution in [0.3, 0.4) is 0 Å². The number of carbonyl (C=O) groups excluding carboxylic acids is 1. The van der Waals surface area contributed by atoms with E-state index in [1.807, 2.05) is 0 Å². The number of carboxylic acids is 1. The van der Waals surface area contributed by atoms with Gasteiger partial charge in [-0.05, 0) is 18.8 Å². The number of rotatable bonds is 1. The summed E-state index contributed by atoms with van der Waals surface area (Å²) in [5.74, 6) is -0.125. The molecule has 3 atom stereocenters. The Bertz CT molecular complexity index is 251. The van der Waals surface area contributed by atoms with Gasteiger partial charge in [0.05, 0.1) is 0 Å². The lowest BCUT2D eigenvalue weighted by molar-refractivity contribution is -0.139. The molecule has 1 aliphatic heterocycles. The van der Waals surface area contributed by atoms with Crippen molar-refractivity contribution < 1.29 is 14.7 Å². The second-order valence-corrected chi connectivity index (χ2v) is 3.94. The Balaban J connectivity index is 2.02. The van der Waals surface area contributed by atoms with E-state index in [1.165, 1.54) is 0 Å². The highest BCUT2D eigenvalue weighted by Crippen LogP contribution is 2.31. The van der Waals surface area contributed by atoms with Crippen molar-refractivity contribution in [2.45, 2.75) is 37.8 Å². The number of Topliss-reactive ketones (excluding diaryl/α,β-unsaturated/α-hetero) is 1. The fourth-order valence-electron chi connectivity index (χ4n) is 2.34. The summed E-state index contributed by atoms with van der Waals surface area (Å²) >= 11 is 0. The third-order valence-corrected chi connectivity index (χ3v) is 3.06. The minimum Gasteiger partial charge on any atom is -0.480 e. The molecule has 13 heavy (non-hydrogen) atoms. The van der Waals surface area contributed by atoms with Gasteiger partial charge in [-0.3, -0.25) is 9.59 Å². The van der Waals surface area contributed by atoms with Gasteiger partial charge in [-0.15, -0.1) is 0 Å². The third kappa shape index (κ3) is 1.58. The van der Waals surface area contributed by atoms with E-state index in [4.69, 9.17) is 5.11 Å². The molecule has 2 fully saturated rings. The molecular weight excluding hydrogens is 170 g/mol. The molecule has 0 aromatic heterocycles. The maximum Gasteiger partial charge on any atom is 0.320 e. The van der Waals surface area contributed by atoms with Crippen molar-refractivity contribution in [1.29, 1.82) is 0 Å². The Morgan fingerprint density at radius 3 is 3.00 bits per heavy atom. The molecule has 0 bridgehead atoms. The fourth-order valence-corrected chi connectivity index (χ4v) is 2.34. The molecule has 2 aliphatic rings. The quantitative estimate of drug-likeness (QED) is 0.608. The molecule has 2 N–H and O–H groups in total. The van der Waals surface area contributed by atoms with Gasteiger partial charge in [-0.1, -0.05) is 0 Å². The number of carbonyl (C=O) groups is 2. The molecule has 72 valence electrons. The summed E-state index contributed by atoms with van der Waals surface area (Å²) in [4.78, 5) is 21.8. The standard InChI is InChI=1S/C9H13NO3/c11-6-2-1-5-3-8(9(12)13)10-7(5)4-6/h5,7-8,10H,1-4H2,(H,12,13)/t5-,7-,8+/m1/s1. The van der Waals surface area contributed by atoms with Crippen LogP contribution in [-0.2, 0) is 9.59 Å². The van der Waals surface area contributed by atoms with Crippen LogP contribution in [0.15, 0.2) is 0 Å². The van der Waals surface area contributed by atoms with Gasteiger partial charge in [0.15, 0.2) is 0 Å². The van der Waals surface area contributed by atoms with Crippen LogP contribution in [-0.4, -0.2) is 28.9 Å². The summed E-state index contributed by atoms with van der Waals surface area (Å²) in [6, 6.07) is -0.303. The van der Waals surface area contributed by atoms with E-state index in [1.54, 1.807) is 0 Å². The van der Waals surface area contributed by atoms with Crippen molar-refractivity contribution in [1.82, 2.24) is 5.32 Å². The van der Waals surface area contributed by atoms with Crippen molar-refractivity contribution in [3.05, 3.63) is 0 Å². The Morgan fingerprint density at radius 1 is 1.54 bits per heavy atom. The smallest absolute Gasteiger partial charge is 0.320 e. The molecule has 1 saturated carbocycles. The zero-order valence-electron chi connectivity index (χ0n) is 7.32. The average Bonchev–Trinajstić information content (AvgIpc) is 2.46. The monoisotopic (exact) mass is 183 g/mol. The summed E-state index contributed by atoms with van der Waals surface area (Å²) in [5.41, 5.74) is 0. The number of hydrogen-bond donors (Lipinski definition) is 2. The van der Waals surface area contributed by atoms with Crippen LogP contribution < -0.4 is 5.32 Å². The lowest BCUT2D eigenvalue weighted by atomic mass is 9.84. The van der Waals surface area contributed by atoms with Gasteiger partial charge in [0.25, 0.3) is 0 Å². The zero-order valence-corrected chi connectivity index (χ0v) is 7.32. The lowest BCUT2D eigenvalue weighted by Gasteiger charge is -2.23. The maximum absolute atomic E-state index is 11.1. The number of hydrogen-bond acceptors (Lipinski definition) is 3. The zero-order chi connectivity index (χ0) is 9.42. The molecule has 0 aromatic rings. The minimum atomic E-state index is -0.790. The van der Waals surface area contributed by atoms with E-state index >= 15 is 0 Å².